The largest absolute Gasteiger partial charge is 1.00 e. The van der Waals surface area contributed by atoms with Gasteiger partial charge in [-0.2, -0.15) is 0 Å². The average Bonchev–Trinajstić information content (AvgIpc) is 2.79. The Balaban J connectivity index is -0.000000163. The standard InChI is InChI=1S/2C11H20O3.C7H14O2.C4H6O3.K/c2*1-5-14-10(13)8-9(12)6-7-11(2,3)4;1-7(2,3)5-4-6(8)9;1-3(5)2-4(6)7;/h2*5-8H2,1-4H3;4-5H2,1-3H3,(H,8,9);2H2,1H3,(H,6,7);/q;;;;+1/p-1. The maximum absolute atomic E-state index is 11.3. The molecule has 0 radical (unpaired) electrons. The van der Waals surface area contributed by atoms with Gasteiger partial charge in [0.1, 0.15) is 30.2 Å². The van der Waals surface area contributed by atoms with Crippen LogP contribution in [-0.2, 0) is 43.0 Å². The van der Waals surface area contributed by atoms with Gasteiger partial charge in [0.25, 0.3) is 0 Å². The fourth-order valence-electron chi connectivity index (χ4n) is 2.64. The monoisotopic (exact) mass is 670 g/mol. The number of hydrogen-bond acceptors (Lipinski definition) is 10. The summed E-state index contributed by atoms with van der Waals surface area (Å²) in [5.41, 5.74) is 0.438. The Hall–Kier alpha value is -1.47. The van der Waals surface area contributed by atoms with Gasteiger partial charge in [-0.3, -0.25) is 28.8 Å². The van der Waals surface area contributed by atoms with Crippen LogP contribution in [0.2, 0.25) is 0 Å². The molecule has 0 aromatic carbocycles. The van der Waals surface area contributed by atoms with Gasteiger partial charge in [0.05, 0.1) is 13.2 Å². The molecule has 0 amide bonds. The molecule has 0 bridgehead atoms. The van der Waals surface area contributed by atoms with E-state index in [0.29, 0.717) is 26.1 Å². The van der Waals surface area contributed by atoms with E-state index in [9.17, 15) is 38.7 Å². The maximum atomic E-state index is 11.3. The van der Waals surface area contributed by atoms with Crippen LogP contribution in [0, 0.1) is 16.2 Å². The second-order valence-corrected chi connectivity index (χ2v) is 13.9. The summed E-state index contributed by atoms with van der Waals surface area (Å²) in [6.45, 7) is 23.9. The first-order chi connectivity index (χ1) is 19.7. The molecule has 0 fully saturated rings. The molecule has 0 rings (SSSR count). The SMILES string of the molecule is CC(=O)CC(=O)[O-].CC(C)(C)CCC(=O)O.CCOC(=O)CC(=O)CCC(C)(C)C.CCOC(=O)CC(=O)CCC(C)(C)C.[K+]. The van der Waals surface area contributed by atoms with E-state index in [4.69, 9.17) is 5.11 Å². The molecule has 0 aromatic heterocycles. The van der Waals surface area contributed by atoms with E-state index < -0.39 is 30.3 Å². The summed E-state index contributed by atoms with van der Waals surface area (Å²) < 4.78 is 9.37. The Kier molecular flexibility index (Phi) is 33.9. The molecule has 0 aliphatic heterocycles. The zero-order chi connectivity index (χ0) is 35.7. The van der Waals surface area contributed by atoms with Crippen LogP contribution in [0.15, 0.2) is 0 Å². The van der Waals surface area contributed by atoms with Crippen molar-refractivity contribution in [3.05, 3.63) is 0 Å². The normalized spacial score (nSPS) is 10.5. The van der Waals surface area contributed by atoms with Crippen molar-refractivity contribution in [3.63, 3.8) is 0 Å². The zero-order valence-corrected chi connectivity index (χ0v) is 33.4. The second kappa shape index (κ2) is 28.7. The quantitative estimate of drug-likeness (QED) is 0.163. The summed E-state index contributed by atoms with van der Waals surface area (Å²) in [6, 6.07) is 0. The van der Waals surface area contributed by atoms with Crippen LogP contribution >= 0.6 is 0 Å². The third kappa shape index (κ3) is 58.6. The van der Waals surface area contributed by atoms with Crippen molar-refractivity contribution in [2.45, 2.75) is 141 Å². The van der Waals surface area contributed by atoms with E-state index in [-0.39, 0.29) is 104 Å². The van der Waals surface area contributed by atoms with E-state index in [1.165, 1.54) is 6.92 Å². The molecule has 0 spiro atoms. The van der Waals surface area contributed by atoms with E-state index in [1.54, 1.807) is 13.8 Å². The molecule has 45 heavy (non-hydrogen) atoms. The molecule has 0 saturated heterocycles. The maximum Gasteiger partial charge on any atom is 1.00 e. The topological polar surface area (TPSA) is 181 Å². The Morgan fingerprint density at radius 1 is 0.578 bits per heavy atom. The van der Waals surface area contributed by atoms with E-state index in [0.717, 1.165) is 19.3 Å². The zero-order valence-electron chi connectivity index (χ0n) is 30.3. The van der Waals surface area contributed by atoms with Crippen LogP contribution in [0.3, 0.4) is 0 Å². The molecule has 0 aliphatic rings. The fraction of sp³-hybridized carbons (Fsp3) is 0.788. The summed E-state index contributed by atoms with van der Waals surface area (Å²) in [5, 5.41) is 17.8. The molecule has 0 heterocycles. The van der Waals surface area contributed by atoms with Gasteiger partial charge >= 0.3 is 69.3 Å². The minimum absolute atomic E-state index is 0. The van der Waals surface area contributed by atoms with Crippen molar-refractivity contribution in [2.75, 3.05) is 13.2 Å². The number of ether oxygens (including phenoxy) is 2. The van der Waals surface area contributed by atoms with Crippen LogP contribution < -0.4 is 56.5 Å². The molecule has 12 heteroatoms. The number of carboxylic acid groups (broad SMARTS) is 2. The summed E-state index contributed by atoms with van der Waals surface area (Å²) in [5.74, 6) is -3.27. The van der Waals surface area contributed by atoms with Gasteiger partial charge in [0.2, 0.25) is 0 Å². The van der Waals surface area contributed by atoms with Crippen LogP contribution in [0.1, 0.15) is 141 Å². The van der Waals surface area contributed by atoms with Gasteiger partial charge < -0.3 is 24.5 Å². The summed E-state index contributed by atoms with van der Waals surface area (Å²) in [7, 11) is 0. The smallest absolute Gasteiger partial charge is 0.550 e. The molecule has 0 aliphatic carbocycles. The summed E-state index contributed by atoms with van der Waals surface area (Å²) in [4.78, 5) is 73.8. The number of carboxylic acids is 2. The number of hydrogen-bond donors (Lipinski definition) is 1. The van der Waals surface area contributed by atoms with Crippen LogP contribution in [0.4, 0.5) is 0 Å². The third-order valence-corrected chi connectivity index (χ3v) is 5.08. The van der Waals surface area contributed by atoms with Crippen molar-refractivity contribution >= 4 is 41.2 Å². The van der Waals surface area contributed by atoms with Crippen molar-refractivity contribution in [1.29, 1.82) is 0 Å². The number of Topliss-reactive ketones (excluding diaryl/α,β-unsaturated/α-hetero) is 3. The summed E-state index contributed by atoms with van der Waals surface area (Å²) in [6.07, 6.45) is 2.95. The fourth-order valence-corrected chi connectivity index (χ4v) is 2.64. The van der Waals surface area contributed by atoms with Gasteiger partial charge in [-0.05, 0) is 56.3 Å². The van der Waals surface area contributed by atoms with Crippen molar-refractivity contribution in [1.82, 2.24) is 0 Å². The van der Waals surface area contributed by atoms with E-state index in [1.807, 2.05) is 20.8 Å². The molecule has 1 N–H and O–H groups in total. The van der Waals surface area contributed by atoms with Gasteiger partial charge in [-0.15, -0.1) is 0 Å². The minimum Gasteiger partial charge on any atom is -0.550 e. The van der Waals surface area contributed by atoms with E-state index in [2.05, 4.69) is 51.0 Å². The van der Waals surface area contributed by atoms with Crippen molar-refractivity contribution < 1.29 is 105 Å². The Morgan fingerprint density at radius 2 is 0.867 bits per heavy atom. The first-order valence-electron chi connectivity index (χ1n) is 15.0. The Labute approximate surface area is 313 Å². The number of ketones is 3. The second-order valence-electron chi connectivity index (χ2n) is 13.9. The molecule has 0 saturated carbocycles. The number of aliphatic carboxylic acids is 2. The molecule has 258 valence electrons. The van der Waals surface area contributed by atoms with Gasteiger partial charge in [0.15, 0.2) is 0 Å². The third-order valence-electron chi connectivity index (χ3n) is 5.08. The molecule has 0 aromatic rings. The number of rotatable bonds is 14. The Bertz CT molecular complexity index is 832. The summed E-state index contributed by atoms with van der Waals surface area (Å²) >= 11 is 0. The van der Waals surface area contributed by atoms with Crippen molar-refractivity contribution in [2.24, 2.45) is 16.2 Å². The van der Waals surface area contributed by atoms with E-state index >= 15 is 0 Å². The molecule has 0 atom stereocenters. The predicted octanol–water partition coefficient (Wildman–Crippen LogP) is 2.29. The van der Waals surface area contributed by atoms with Gasteiger partial charge in [-0.1, -0.05) is 62.3 Å². The molecule has 0 unspecified atom stereocenters. The van der Waals surface area contributed by atoms with Gasteiger partial charge in [-0.25, -0.2) is 0 Å². The Morgan fingerprint density at radius 3 is 1.02 bits per heavy atom. The molecular weight excluding hydrogens is 611 g/mol. The van der Waals surface area contributed by atoms with Crippen LogP contribution in [-0.4, -0.2) is 59.5 Å². The predicted molar refractivity (Wildman–Crippen MR) is 167 cm³/mol. The molecule has 11 nitrogen and oxygen atoms in total. The van der Waals surface area contributed by atoms with Crippen molar-refractivity contribution in [3.8, 4) is 0 Å². The number of carbonyl (C=O) groups is 7. The van der Waals surface area contributed by atoms with Crippen LogP contribution in [0.5, 0.6) is 0 Å². The first-order valence-corrected chi connectivity index (χ1v) is 15.0. The average molecular weight is 671 g/mol. The minimum atomic E-state index is -1.31. The first kappa shape index (κ1) is 53.0. The van der Waals surface area contributed by atoms with Crippen LogP contribution in [0.25, 0.3) is 0 Å². The van der Waals surface area contributed by atoms with Gasteiger partial charge in [0, 0.05) is 31.7 Å². The number of esters is 2. The molecular formula is C33H59KO11. The number of carbonyl (C=O) groups excluding carboxylic acids is 6.